The predicted molar refractivity (Wildman–Crippen MR) is 93.0 cm³/mol. The largest absolute Gasteiger partial charge is 0.376 e. The Balaban J connectivity index is 1.48. The molecule has 0 saturated carbocycles. The minimum atomic E-state index is -0.230. The van der Waals surface area contributed by atoms with E-state index in [4.69, 9.17) is 4.74 Å². The van der Waals surface area contributed by atoms with Gasteiger partial charge < -0.3 is 15.4 Å². The number of hydrogen-bond donors (Lipinski definition) is 2. The number of aryl methyl sites for hydroxylation is 2. The van der Waals surface area contributed by atoms with Crippen molar-refractivity contribution in [3.63, 3.8) is 0 Å². The van der Waals surface area contributed by atoms with Crippen LogP contribution in [-0.4, -0.2) is 28.5 Å². The number of benzene rings is 1. The Morgan fingerprint density at radius 2 is 2.29 bits per heavy atom. The zero-order valence-corrected chi connectivity index (χ0v) is 14.2. The van der Waals surface area contributed by atoms with Crippen LogP contribution in [0.25, 0.3) is 0 Å². The fourth-order valence-electron chi connectivity index (χ4n) is 2.92. The molecule has 3 rings (SSSR count). The summed E-state index contributed by atoms with van der Waals surface area (Å²) in [6.07, 6.45) is 5.90. The summed E-state index contributed by atoms with van der Waals surface area (Å²) in [6, 6.07) is 5.98. The predicted octanol–water partition coefficient (Wildman–Crippen LogP) is 3.00. The van der Waals surface area contributed by atoms with Gasteiger partial charge in [-0.1, -0.05) is 23.8 Å². The van der Waals surface area contributed by atoms with E-state index in [-0.39, 0.29) is 12.1 Å². The van der Waals surface area contributed by atoms with Crippen LogP contribution in [0.3, 0.4) is 0 Å². The van der Waals surface area contributed by atoms with Crippen molar-refractivity contribution in [3.8, 4) is 0 Å². The normalized spacial score (nSPS) is 17.0. The Kier molecular flexibility index (Phi) is 5.15. The third-order valence-electron chi connectivity index (χ3n) is 4.24. The molecule has 0 radical (unpaired) electrons. The summed E-state index contributed by atoms with van der Waals surface area (Å²) in [4.78, 5) is 12.0. The van der Waals surface area contributed by atoms with Crippen molar-refractivity contribution in [2.45, 2.75) is 45.9 Å². The third kappa shape index (κ3) is 4.35. The summed E-state index contributed by atoms with van der Waals surface area (Å²) in [7, 11) is 0. The van der Waals surface area contributed by atoms with Crippen LogP contribution in [0.1, 0.15) is 29.5 Å². The van der Waals surface area contributed by atoms with E-state index >= 15 is 0 Å². The summed E-state index contributed by atoms with van der Waals surface area (Å²) in [5, 5.41) is 9.96. The molecule has 2 heterocycles. The number of nitrogens with one attached hydrogen (secondary N) is 2. The summed E-state index contributed by atoms with van der Waals surface area (Å²) < 4.78 is 7.41. The molecule has 1 aliphatic rings. The molecule has 1 unspecified atom stereocenters. The minimum absolute atomic E-state index is 0.230. The standard InChI is InChI=1S/C18H24N4O2/c1-13-5-6-15(14(2)8-13)9-19-18(23)21-16-10-20-22(11-16)12-17-4-3-7-24-17/h5-6,8,10-11,17H,3-4,7,9,12H2,1-2H3,(H2,19,21,23). The summed E-state index contributed by atoms with van der Waals surface area (Å²) in [6.45, 7) is 6.17. The van der Waals surface area contributed by atoms with Gasteiger partial charge in [0.2, 0.25) is 0 Å². The van der Waals surface area contributed by atoms with E-state index in [9.17, 15) is 4.79 Å². The van der Waals surface area contributed by atoms with Gasteiger partial charge in [0.25, 0.3) is 0 Å². The van der Waals surface area contributed by atoms with E-state index in [0.29, 0.717) is 12.2 Å². The Labute approximate surface area is 142 Å². The number of hydrogen-bond acceptors (Lipinski definition) is 3. The maximum Gasteiger partial charge on any atom is 0.319 e. The number of carbonyl (C=O) groups is 1. The molecule has 2 N–H and O–H groups in total. The van der Waals surface area contributed by atoms with Crippen LogP contribution >= 0.6 is 0 Å². The lowest BCUT2D eigenvalue weighted by molar-refractivity contribution is 0.0940. The zero-order chi connectivity index (χ0) is 16.9. The third-order valence-corrected chi connectivity index (χ3v) is 4.24. The number of rotatable bonds is 5. The number of amides is 2. The molecule has 1 fully saturated rings. The SMILES string of the molecule is Cc1ccc(CNC(=O)Nc2cnn(CC3CCCO3)c2)c(C)c1. The van der Waals surface area contributed by atoms with Crippen molar-refractivity contribution in [1.82, 2.24) is 15.1 Å². The first-order chi connectivity index (χ1) is 11.6. The van der Waals surface area contributed by atoms with Crippen LogP contribution in [0, 0.1) is 13.8 Å². The van der Waals surface area contributed by atoms with Gasteiger partial charge in [0.1, 0.15) is 0 Å². The number of nitrogens with zero attached hydrogens (tertiary/aromatic N) is 2. The number of anilines is 1. The van der Waals surface area contributed by atoms with Crippen molar-refractivity contribution < 1.29 is 9.53 Å². The Bertz CT molecular complexity index is 705. The first-order valence-corrected chi connectivity index (χ1v) is 8.35. The molecule has 6 heteroatoms. The number of aromatic nitrogens is 2. The molecule has 1 atom stereocenters. The van der Waals surface area contributed by atoms with Gasteiger partial charge in [-0.05, 0) is 37.8 Å². The second kappa shape index (κ2) is 7.49. The zero-order valence-electron chi connectivity index (χ0n) is 14.2. The topological polar surface area (TPSA) is 68.2 Å². The number of ether oxygens (including phenoxy) is 1. The molecule has 128 valence electrons. The first kappa shape index (κ1) is 16.5. The van der Waals surface area contributed by atoms with Crippen LogP contribution in [-0.2, 0) is 17.8 Å². The van der Waals surface area contributed by atoms with Gasteiger partial charge >= 0.3 is 6.03 Å². The second-order valence-corrected chi connectivity index (χ2v) is 6.32. The molecule has 1 aromatic heterocycles. The Morgan fingerprint density at radius 1 is 1.42 bits per heavy atom. The van der Waals surface area contributed by atoms with Crippen molar-refractivity contribution in [2.24, 2.45) is 0 Å². The monoisotopic (exact) mass is 328 g/mol. The molecule has 0 spiro atoms. The van der Waals surface area contributed by atoms with Gasteiger partial charge in [0.15, 0.2) is 0 Å². The number of urea groups is 1. The molecule has 1 aromatic carbocycles. The maximum absolute atomic E-state index is 12.0. The lowest BCUT2D eigenvalue weighted by Crippen LogP contribution is -2.28. The van der Waals surface area contributed by atoms with Crippen molar-refractivity contribution in [3.05, 3.63) is 47.3 Å². The Morgan fingerprint density at radius 3 is 3.04 bits per heavy atom. The van der Waals surface area contributed by atoms with Crippen LogP contribution < -0.4 is 10.6 Å². The van der Waals surface area contributed by atoms with Crippen molar-refractivity contribution in [2.75, 3.05) is 11.9 Å². The van der Waals surface area contributed by atoms with Crippen molar-refractivity contribution in [1.29, 1.82) is 0 Å². The first-order valence-electron chi connectivity index (χ1n) is 8.35. The number of carbonyl (C=O) groups excluding carboxylic acids is 1. The average molecular weight is 328 g/mol. The van der Waals surface area contributed by atoms with E-state index in [2.05, 4.69) is 41.7 Å². The van der Waals surface area contributed by atoms with Crippen LogP contribution in [0.4, 0.5) is 10.5 Å². The fraction of sp³-hybridized carbons (Fsp3) is 0.444. The van der Waals surface area contributed by atoms with Crippen molar-refractivity contribution >= 4 is 11.7 Å². The van der Waals surface area contributed by atoms with Crippen LogP contribution in [0.15, 0.2) is 30.6 Å². The van der Waals surface area contributed by atoms with Gasteiger partial charge in [-0.15, -0.1) is 0 Å². The Hall–Kier alpha value is -2.34. The smallest absolute Gasteiger partial charge is 0.319 e. The molecular formula is C18H24N4O2. The molecule has 0 aliphatic carbocycles. The van der Waals surface area contributed by atoms with Gasteiger partial charge in [-0.25, -0.2) is 4.79 Å². The fourth-order valence-corrected chi connectivity index (χ4v) is 2.92. The summed E-state index contributed by atoms with van der Waals surface area (Å²) in [5.74, 6) is 0. The summed E-state index contributed by atoms with van der Waals surface area (Å²) >= 11 is 0. The molecular weight excluding hydrogens is 304 g/mol. The van der Waals surface area contributed by atoms with Gasteiger partial charge in [0.05, 0.1) is 24.5 Å². The minimum Gasteiger partial charge on any atom is -0.376 e. The van der Waals surface area contributed by atoms with Gasteiger partial charge in [-0.2, -0.15) is 5.10 Å². The molecule has 2 aromatic rings. The van der Waals surface area contributed by atoms with Gasteiger partial charge in [0, 0.05) is 19.3 Å². The molecule has 2 amide bonds. The molecule has 0 bridgehead atoms. The lowest BCUT2D eigenvalue weighted by atomic mass is 10.1. The highest BCUT2D eigenvalue weighted by atomic mass is 16.5. The van der Waals surface area contributed by atoms with Crippen LogP contribution in [0.5, 0.6) is 0 Å². The average Bonchev–Trinajstić information content (AvgIpc) is 3.19. The van der Waals surface area contributed by atoms with E-state index < -0.39 is 0 Å². The quantitative estimate of drug-likeness (QED) is 0.886. The highest BCUT2D eigenvalue weighted by molar-refractivity contribution is 5.88. The van der Waals surface area contributed by atoms with Gasteiger partial charge in [-0.3, -0.25) is 4.68 Å². The highest BCUT2D eigenvalue weighted by Gasteiger charge is 2.16. The van der Waals surface area contributed by atoms with E-state index in [1.54, 1.807) is 6.20 Å². The highest BCUT2D eigenvalue weighted by Crippen LogP contribution is 2.15. The van der Waals surface area contributed by atoms with Crippen LogP contribution in [0.2, 0.25) is 0 Å². The molecule has 24 heavy (non-hydrogen) atoms. The molecule has 6 nitrogen and oxygen atoms in total. The lowest BCUT2D eigenvalue weighted by Gasteiger charge is -2.09. The van der Waals surface area contributed by atoms with E-state index in [1.807, 2.05) is 16.9 Å². The molecule has 1 aliphatic heterocycles. The van der Waals surface area contributed by atoms with E-state index in [0.717, 1.165) is 31.6 Å². The molecule has 1 saturated heterocycles. The van der Waals surface area contributed by atoms with E-state index in [1.165, 1.54) is 11.1 Å². The summed E-state index contributed by atoms with van der Waals surface area (Å²) in [5.41, 5.74) is 4.20. The second-order valence-electron chi connectivity index (χ2n) is 6.32. The maximum atomic E-state index is 12.0.